The van der Waals surface area contributed by atoms with Crippen LogP contribution in [0.5, 0.6) is 0 Å². The number of carbonyl (C=O) groups excluding carboxylic acids is 1. The molecule has 1 unspecified atom stereocenters. The third kappa shape index (κ3) is 4.09. The molecule has 0 saturated heterocycles. The molecule has 0 aliphatic rings. The summed E-state index contributed by atoms with van der Waals surface area (Å²) < 4.78 is 15.6. The van der Waals surface area contributed by atoms with E-state index in [2.05, 4.69) is 16.4 Å². The van der Waals surface area contributed by atoms with Crippen LogP contribution in [0.15, 0.2) is 66.1 Å². The number of halogens is 1. The lowest BCUT2D eigenvalue weighted by atomic mass is 10.2. The maximum Gasteiger partial charge on any atom is 0.237 e. The van der Waals surface area contributed by atoms with Crippen LogP contribution in [-0.4, -0.2) is 20.7 Å². The van der Waals surface area contributed by atoms with E-state index >= 15 is 0 Å². The van der Waals surface area contributed by atoms with E-state index in [0.717, 1.165) is 11.3 Å². The zero-order valence-electron chi connectivity index (χ0n) is 13.9. The van der Waals surface area contributed by atoms with Crippen LogP contribution in [0, 0.1) is 12.7 Å². The largest absolute Gasteiger partial charge is 0.323 e. The van der Waals surface area contributed by atoms with Gasteiger partial charge in [0, 0.05) is 18.1 Å². The van der Waals surface area contributed by atoms with Crippen LogP contribution in [-0.2, 0) is 4.79 Å². The fourth-order valence-electron chi connectivity index (χ4n) is 2.36. The van der Waals surface area contributed by atoms with Crippen LogP contribution in [0.25, 0.3) is 5.69 Å². The van der Waals surface area contributed by atoms with Crippen molar-refractivity contribution in [2.75, 3.05) is 5.32 Å². The maximum atomic E-state index is 13.7. The van der Waals surface area contributed by atoms with Crippen LogP contribution < -0.4 is 5.32 Å². The number of benzene rings is 2. The van der Waals surface area contributed by atoms with Gasteiger partial charge < -0.3 is 5.32 Å². The van der Waals surface area contributed by atoms with Gasteiger partial charge in [0.1, 0.15) is 5.82 Å². The van der Waals surface area contributed by atoms with Gasteiger partial charge >= 0.3 is 0 Å². The van der Waals surface area contributed by atoms with Crippen molar-refractivity contribution in [3.05, 3.63) is 72.3 Å². The summed E-state index contributed by atoms with van der Waals surface area (Å²) in [4.78, 5) is 16.7. The highest BCUT2D eigenvalue weighted by molar-refractivity contribution is 8.00. The number of nitrogens with zero attached hydrogens (tertiary/aromatic N) is 2. The van der Waals surface area contributed by atoms with Crippen LogP contribution in [0.1, 0.15) is 12.5 Å². The minimum atomic E-state index is -0.450. The summed E-state index contributed by atoms with van der Waals surface area (Å²) in [7, 11) is 0. The van der Waals surface area contributed by atoms with E-state index in [9.17, 15) is 9.18 Å². The van der Waals surface area contributed by atoms with Gasteiger partial charge in [-0.25, -0.2) is 9.37 Å². The van der Waals surface area contributed by atoms with Crippen LogP contribution >= 0.6 is 11.8 Å². The molecule has 0 aliphatic heterocycles. The molecule has 0 radical (unpaired) electrons. The van der Waals surface area contributed by atoms with Crippen molar-refractivity contribution in [2.24, 2.45) is 0 Å². The summed E-state index contributed by atoms with van der Waals surface area (Å²) in [6, 6.07) is 14.2. The molecule has 1 N–H and O–H groups in total. The van der Waals surface area contributed by atoms with Crippen molar-refractivity contribution in [2.45, 2.75) is 24.3 Å². The van der Waals surface area contributed by atoms with Crippen molar-refractivity contribution in [1.29, 1.82) is 0 Å². The van der Waals surface area contributed by atoms with Crippen molar-refractivity contribution < 1.29 is 9.18 Å². The molecule has 1 atom stereocenters. The van der Waals surface area contributed by atoms with Gasteiger partial charge in [-0.1, -0.05) is 36.0 Å². The number of para-hydroxylation sites is 1. The highest BCUT2D eigenvalue weighted by Crippen LogP contribution is 2.26. The van der Waals surface area contributed by atoms with Crippen molar-refractivity contribution in [1.82, 2.24) is 9.55 Å². The average Bonchev–Trinajstić information content (AvgIpc) is 3.05. The van der Waals surface area contributed by atoms with Gasteiger partial charge in [-0.15, -0.1) is 0 Å². The lowest BCUT2D eigenvalue weighted by Crippen LogP contribution is -2.23. The van der Waals surface area contributed by atoms with E-state index in [1.54, 1.807) is 25.3 Å². The molecule has 2 aromatic carbocycles. The predicted octanol–water partition coefficient (Wildman–Crippen LogP) is 4.44. The van der Waals surface area contributed by atoms with Gasteiger partial charge in [-0.05, 0) is 43.7 Å². The summed E-state index contributed by atoms with van der Waals surface area (Å²) in [6.07, 6.45) is 3.56. The van der Waals surface area contributed by atoms with Crippen molar-refractivity contribution >= 4 is 23.4 Å². The lowest BCUT2D eigenvalue weighted by molar-refractivity contribution is -0.115. The molecule has 0 fully saturated rings. The van der Waals surface area contributed by atoms with Crippen LogP contribution in [0.4, 0.5) is 10.1 Å². The Balaban J connectivity index is 1.74. The molecule has 4 nitrogen and oxygen atoms in total. The third-order valence-electron chi connectivity index (χ3n) is 3.67. The number of aromatic nitrogens is 2. The number of imidazole rings is 1. The van der Waals surface area contributed by atoms with E-state index in [1.807, 2.05) is 35.9 Å². The molecule has 3 rings (SSSR count). The van der Waals surface area contributed by atoms with Gasteiger partial charge in [0.2, 0.25) is 5.91 Å². The first-order valence-electron chi connectivity index (χ1n) is 7.87. The Morgan fingerprint density at radius 3 is 2.80 bits per heavy atom. The smallest absolute Gasteiger partial charge is 0.237 e. The summed E-state index contributed by atoms with van der Waals surface area (Å²) in [5.41, 5.74) is 2.32. The highest BCUT2D eigenvalue weighted by Gasteiger charge is 2.19. The molecule has 1 amide bonds. The molecule has 0 spiro atoms. The highest BCUT2D eigenvalue weighted by atomic mass is 32.2. The molecule has 3 aromatic rings. The van der Waals surface area contributed by atoms with Gasteiger partial charge in [0.05, 0.1) is 10.9 Å². The number of aryl methyl sites for hydroxylation is 1. The molecule has 0 aliphatic carbocycles. The number of hydrogen-bond donors (Lipinski definition) is 1. The van der Waals surface area contributed by atoms with E-state index < -0.39 is 11.1 Å². The van der Waals surface area contributed by atoms with Crippen LogP contribution in [0.2, 0.25) is 0 Å². The molecule has 1 heterocycles. The number of anilines is 1. The minimum Gasteiger partial charge on any atom is -0.323 e. The van der Waals surface area contributed by atoms with Gasteiger partial charge in [-0.2, -0.15) is 0 Å². The number of amides is 1. The second-order valence-corrected chi connectivity index (χ2v) is 6.96. The fraction of sp³-hybridized carbons (Fsp3) is 0.158. The van der Waals surface area contributed by atoms with Gasteiger partial charge in [0.15, 0.2) is 5.16 Å². The van der Waals surface area contributed by atoms with Gasteiger partial charge in [-0.3, -0.25) is 9.36 Å². The molecule has 25 heavy (non-hydrogen) atoms. The first kappa shape index (κ1) is 17.2. The summed E-state index contributed by atoms with van der Waals surface area (Å²) in [5, 5.41) is 2.90. The zero-order valence-corrected chi connectivity index (χ0v) is 14.8. The Labute approximate surface area is 150 Å². The summed E-state index contributed by atoms with van der Waals surface area (Å²) in [6.45, 7) is 3.80. The summed E-state index contributed by atoms with van der Waals surface area (Å²) >= 11 is 1.33. The van der Waals surface area contributed by atoms with E-state index in [4.69, 9.17) is 0 Å². The number of hydrogen-bond acceptors (Lipinski definition) is 3. The number of thioether (sulfide) groups is 1. The molecular weight excluding hydrogens is 337 g/mol. The minimum absolute atomic E-state index is 0.182. The number of carbonyl (C=O) groups is 1. The average molecular weight is 355 g/mol. The first-order valence-corrected chi connectivity index (χ1v) is 8.75. The number of rotatable bonds is 5. The Morgan fingerprint density at radius 1 is 1.24 bits per heavy atom. The van der Waals surface area contributed by atoms with Crippen LogP contribution in [0.3, 0.4) is 0 Å². The first-order chi connectivity index (χ1) is 12.0. The Morgan fingerprint density at radius 2 is 2.04 bits per heavy atom. The van der Waals surface area contributed by atoms with Gasteiger partial charge in [0.25, 0.3) is 0 Å². The monoisotopic (exact) mass is 355 g/mol. The number of nitrogens with one attached hydrogen (secondary N) is 1. The fourth-order valence-corrected chi connectivity index (χ4v) is 3.24. The Hall–Kier alpha value is -2.60. The van der Waals surface area contributed by atoms with E-state index in [0.29, 0.717) is 5.16 Å². The topological polar surface area (TPSA) is 46.9 Å². The second kappa shape index (κ2) is 7.53. The zero-order chi connectivity index (χ0) is 17.8. The van der Waals surface area contributed by atoms with Crippen molar-refractivity contribution in [3.8, 4) is 5.69 Å². The molecule has 1 aromatic heterocycles. The normalized spacial score (nSPS) is 12.0. The summed E-state index contributed by atoms with van der Waals surface area (Å²) in [5.74, 6) is -0.719. The standard InChI is InChI=1S/C19H18FN3OS/c1-13-6-5-7-15(12-13)23-11-10-21-19(23)25-14(2)18(24)22-17-9-4-3-8-16(17)20/h3-12,14H,1-2H3,(H,22,24). The third-order valence-corrected chi connectivity index (χ3v) is 4.75. The van der Waals surface area contributed by atoms with E-state index in [1.165, 1.54) is 23.9 Å². The predicted molar refractivity (Wildman–Crippen MR) is 98.6 cm³/mol. The quantitative estimate of drug-likeness (QED) is 0.688. The Bertz CT molecular complexity index is 894. The molecule has 6 heteroatoms. The SMILES string of the molecule is Cc1cccc(-n2ccnc2SC(C)C(=O)Nc2ccccc2F)c1. The molecule has 0 bridgehead atoms. The molecule has 0 saturated carbocycles. The van der Waals surface area contributed by atoms with E-state index in [-0.39, 0.29) is 11.6 Å². The molecule has 128 valence electrons. The molecular formula is C19H18FN3OS. The van der Waals surface area contributed by atoms with Crippen molar-refractivity contribution in [3.63, 3.8) is 0 Å². The second-order valence-electron chi connectivity index (χ2n) is 5.65. The lowest BCUT2D eigenvalue weighted by Gasteiger charge is -2.13. The maximum absolute atomic E-state index is 13.7. The Kier molecular flexibility index (Phi) is 5.19.